The van der Waals surface area contributed by atoms with Crippen molar-refractivity contribution < 1.29 is 9.90 Å². The summed E-state index contributed by atoms with van der Waals surface area (Å²) in [5, 5.41) is 8.64. The summed E-state index contributed by atoms with van der Waals surface area (Å²) in [6, 6.07) is 0. The summed E-state index contributed by atoms with van der Waals surface area (Å²) in [7, 11) is 3.84. The van der Waals surface area contributed by atoms with Gasteiger partial charge in [-0.1, -0.05) is 6.08 Å². The zero-order valence-electron chi connectivity index (χ0n) is 8.38. The smallest absolute Gasteiger partial charge is 0.331 e. The molecule has 12 heavy (non-hydrogen) atoms. The molecular weight excluding hydrogens is 154 g/mol. The third-order valence-corrected chi connectivity index (χ3v) is 2.06. The van der Waals surface area contributed by atoms with Crippen LogP contribution >= 0.6 is 0 Å². The number of likely N-dealkylation sites (N-methyl/N-ethyl adjacent to an activating group) is 1. The third-order valence-electron chi connectivity index (χ3n) is 2.06. The lowest BCUT2D eigenvalue weighted by molar-refractivity contribution is -0.132. The number of nitrogens with zero attached hydrogens (tertiary/aromatic N) is 1. The molecule has 0 atom stereocenters. The van der Waals surface area contributed by atoms with Crippen molar-refractivity contribution in [1.82, 2.24) is 4.90 Å². The molecule has 0 amide bonds. The maximum absolute atomic E-state index is 10.5. The highest BCUT2D eigenvalue weighted by atomic mass is 16.4. The van der Waals surface area contributed by atoms with Gasteiger partial charge >= 0.3 is 5.97 Å². The van der Waals surface area contributed by atoms with Crippen molar-refractivity contribution in [2.45, 2.75) is 26.3 Å². The van der Waals surface area contributed by atoms with Crippen LogP contribution in [0.3, 0.4) is 0 Å². The van der Waals surface area contributed by atoms with Gasteiger partial charge in [0, 0.05) is 11.1 Å². The average Bonchev–Trinajstić information content (AvgIpc) is 1.85. The van der Waals surface area contributed by atoms with Gasteiger partial charge in [0.05, 0.1) is 0 Å². The average molecular weight is 171 g/mol. The molecule has 3 heteroatoms. The summed E-state index contributed by atoms with van der Waals surface area (Å²) in [5.41, 5.74) is 0.177. The Kier molecular flexibility index (Phi) is 3.46. The van der Waals surface area contributed by atoms with Crippen molar-refractivity contribution >= 4 is 5.97 Å². The predicted octanol–water partition coefficient (Wildman–Crippen LogP) is 1.36. The van der Waals surface area contributed by atoms with Crippen LogP contribution < -0.4 is 0 Å². The summed E-state index contributed by atoms with van der Waals surface area (Å²) < 4.78 is 0. The van der Waals surface area contributed by atoms with Crippen LogP contribution in [0, 0.1) is 0 Å². The Morgan fingerprint density at radius 3 is 2.08 bits per heavy atom. The summed E-state index contributed by atoms with van der Waals surface area (Å²) in [4.78, 5) is 12.5. The van der Waals surface area contributed by atoms with E-state index in [-0.39, 0.29) is 5.54 Å². The Labute approximate surface area is 73.7 Å². The molecular formula is C9H17NO2. The maximum atomic E-state index is 10.5. The first kappa shape index (κ1) is 11.2. The van der Waals surface area contributed by atoms with Gasteiger partial charge in [-0.3, -0.25) is 0 Å². The third kappa shape index (κ3) is 3.05. The standard InChI is InChI=1S/C9H17NO2/c1-7(8(11)12)6-9(2,3)10(4)5/h6H,1-5H3,(H,11,12)/b7-6+. The highest BCUT2D eigenvalue weighted by Gasteiger charge is 2.18. The first-order chi connectivity index (χ1) is 5.27. The van der Waals surface area contributed by atoms with Gasteiger partial charge in [0.2, 0.25) is 0 Å². The molecule has 0 saturated heterocycles. The van der Waals surface area contributed by atoms with Crippen LogP contribution in [0.25, 0.3) is 0 Å². The number of hydrogen-bond donors (Lipinski definition) is 1. The predicted molar refractivity (Wildman–Crippen MR) is 49.2 cm³/mol. The molecule has 0 aromatic heterocycles. The normalized spacial score (nSPS) is 13.7. The van der Waals surface area contributed by atoms with Gasteiger partial charge in [-0.05, 0) is 34.9 Å². The van der Waals surface area contributed by atoms with Crippen LogP contribution in [0.4, 0.5) is 0 Å². The number of aliphatic carboxylic acids is 1. The van der Waals surface area contributed by atoms with E-state index in [1.54, 1.807) is 13.0 Å². The molecule has 0 fully saturated rings. The SMILES string of the molecule is C/C(=C\C(C)(C)N(C)C)C(=O)O. The summed E-state index contributed by atoms with van der Waals surface area (Å²) >= 11 is 0. The van der Waals surface area contributed by atoms with E-state index in [0.29, 0.717) is 5.57 Å². The van der Waals surface area contributed by atoms with E-state index in [9.17, 15) is 4.79 Å². The Morgan fingerprint density at radius 2 is 1.83 bits per heavy atom. The van der Waals surface area contributed by atoms with Crippen LogP contribution in [-0.2, 0) is 4.79 Å². The Morgan fingerprint density at radius 1 is 1.42 bits per heavy atom. The number of hydrogen-bond acceptors (Lipinski definition) is 2. The van der Waals surface area contributed by atoms with Gasteiger partial charge in [0.15, 0.2) is 0 Å². The van der Waals surface area contributed by atoms with E-state index in [2.05, 4.69) is 0 Å². The van der Waals surface area contributed by atoms with Crippen LogP contribution in [0.2, 0.25) is 0 Å². The quantitative estimate of drug-likeness (QED) is 0.652. The molecule has 70 valence electrons. The second kappa shape index (κ2) is 3.72. The van der Waals surface area contributed by atoms with E-state index in [4.69, 9.17) is 5.11 Å². The fraction of sp³-hybridized carbons (Fsp3) is 0.667. The Bertz CT molecular complexity index is 205. The van der Waals surface area contributed by atoms with E-state index in [1.165, 1.54) is 0 Å². The highest BCUT2D eigenvalue weighted by molar-refractivity contribution is 5.86. The minimum atomic E-state index is -0.857. The number of rotatable bonds is 3. The second-order valence-electron chi connectivity index (χ2n) is 3.68. The number of carbonyl (C=O) groups is 1. The molecule has 0 rings (SSSR count). The molecule has 0 aromatic carbocycles. The number of carboxylic acids is 1. The molecule has 3 nitrogen and oxygen atoms in total. The van der Waals surface area contributed by atoms with Crippen molar-refractivity contribution in [3.05, 3.63) is 11.6 Å². The zero-order valence-corrected chi connectivity index (χ0v) is 8.38. The molecule has 0 spiro atoms. The van der Waals surface area contributed by atoms with Crippen molar-refractivity contribution in [2.75, 3.05) is 14.1 Å². The maximum Gasteiger partial charge on any atom is 0.331 e. The lowest BCUT2D eigenvalue weighted by Crippen LogP contribution is -2.36. The Hall–Kier alpha value is -0.830. The van der Waals surface area contributed by atoms with Crippen molar-refractivity contribution in [1.29, 1.82) is 0 Å². The molecule has 0 bridgehead atoms. The minimum Gasteiger partial charge on any atom is -0.478 e. The summed E-state index contributed by atoms with van der Waals surface area (Å²) in [5.74, 6) is -0.857. The summed E-state index contributed by atoms with van der Waals surface area (Å²) in [6.45, 7) is 5.55. The molecule has 0 aliphatic heterocycles. The van der Waals surface area contributed by atoms with Crippen molar-refractivity contribution in [2.24, 2.45) is 0 Å². The lowest BCUT2D eigenvalue weighted by Gasteiger charge is -2.29. The van der Waals surface area contributed by atoms with E-state index in [1.807, 2.05) is 32.8 Å². The largest absolute Gasteiger partial charge is 0.478 e. The van der Waals surface area contributed by atoms with Crippen LogP contribution in [0.15, 0.2) is 11.6 Å². The van der Waals surface area contributed by atoms with Crippen LogP contribution in [0.5, 0.6) is 0 Å². The number of carboxylic acid groups (broad SMARTS) is 1. The second-order valence-corrected chi connectivity index (χ2v) is 3.68. The Balaban J connectivity index is 4.61. The van der Waals surface area contributed by atoms with Gasteiger partial charge in [-0.25, -0.2) is 4.79 Å². The zero-order chi connectivity index (χ0) is 9.94. The molecule has 0 aliphatic carbocycles. The molecule has 0 heterocycles. The molecule has 0 aliphatic rings. The van der Waals surface area contributed by atoms with Gasteiger partial charge in [0.25, 0.3) is 0 Å². The molecule has 0 saturated carbocycles. The van der Waals surface area contributed by atoms with E-state index < -0.39 is 5.97 Å². The van der Waals surface area contributed by atoms with Crippen molar-refractivity contribution in [3.8, 4) is 0 Å². The fourth-order valence-corrected chi connectivity index (χ4v) is 0.721. The molecule has 0 radical (unpaired) electrons. The monoisotopic (exact) mass is 171 g/mol. The minimum absolute atomic E-state index is 0.206. The van der Waals surface area contributed by atoms with Crippen LogP contribution in [0.1, 0.15) is 20.8 Å². The first-order valence-corrected chi connectivity index (χ1v) is 3.87. The van der Waals surface area contributed by atoms with Gasteiger partial charge in [0.1, 0.15) is 0 Å². The summed E-state index contributed by atoms with van der Waals surface area (Å²) in [6.07, 6.45) is 1.75. The van der Waals surface area contributed by atoms with Gasteiger partial charge < -0.3 is 10.0 Å². The highest BCUT2D eigenvalue weighted by Crippen LogP contribution is 2.14. The molecule has 1 N–H and O–H groups in total. The topological polar surface area (TPSA) is 40.5 Å². The molecule has 0 aromatic rings. The van der Waals surface area contributed by atoms with E-state index >= 15 is 0 Å². The van der Waals surface area contributed by atoms with E-state index in [0.717, 1.165) is 0 Å². The molecule has 0 unspecified atom stereocenters. The van der Waals surface area contributed by atoms with Crippen LogP contribution in [-0.4, -0.2) is 35.6 Å². The van der Waals surface area contributed by atoms with Crippen molar-refractivity contribution in [3.63, 3.8) is 0 Å². The first-order valence-electron chi connectivity index (χ1n) is 3.87. The lowest BCUT2D eigenvalue weighted by atomic mass is 10.0. The van der Waals surface area contributed by atoms with Gasteiger partial charge in [-0.2, -0.15) is 0 Å². The van der Waals surface area contributed by atoms with Gasteiger partial charge in [-0.15, -0.1) is 0 Å². The fourth-order valence-electron chi connectivity index (χ4n) is 0.721.